The molecule has 0 aromatic carbocycles. The number of amides is 1. The number of nitrogens with one attached hydrogen (secondary N) is 1. The number of esters is 1. The van der Waals surface area contributed by atoms with E-state index in [-0.39, 0.29) is 18.3 Å². The number of nitrogens with zero attached hydrogens (tertiary/aromatic N) is 1. The van der Waals surface area contributed by atoms with E-state index in [9.17, 15) is 9.59 Å². The molecular weight excluding hydrogens is 196 g/mol. The van der Waals surface area contributed by atoms with Crippen molar-refractivity contribution in [2.45, 2.75) is 25.8 Å². The van der Waals surface area contributed by atoms with Crippen LogP contribution in [0.4, 0.5) is 0 Å². The molecule has 0 saturated carbocycles. The Morgan fingerprint density at radius 3 is 2.87 bits per heavy atom. The first-order valence-corrected chi connectivity index (χ1v) is 5.14. The molecule has 1 rings (SSSR count). The Balaban J connectivity index is 2.73. The average molecular weight is 214 g/mol. The smallest absolute Gasteiger partial charge is 0.307 e. The zero-order valence-corrected chi connectivity index (χ0v) is 9.50. The van der Waals surface area contributed by atoms with Gasteiger partial charge in [0.2, 0.25) is 5.91 Å². The normalized spacial score (nSPS) is 26.6. The van der Waals surface area contributed by atoms with Crippen LogP contribution in [0.3, 0.4) is 0 Å². The molecule has 0 aromatic heterocycles. The van der Waals surface area contributed by atoms with Crippen molar-refractivity contribution in [2.24, 2.45) is 0 Å². The van der Waals surface area contributed by atoms with Gasteiger partial charge in [0.15, 0.2) is 0 Å². The number of piperazine rings is 1. The maximum atomic E-state index is 12.0. The third-order valence-electron chi connectivity index (χ3n) is 2.76. The van der Waals surface area contributed by atoms with Crippen molar-refractivity contribution >= 4 is 11.9 Å². The molecule has 1 amide bonds. The fourth-order valence-corrected chi connectivity index (χ4v) is 1.79. The second kappa shape index (κ2) is 4.61. The Morgan fingerprint density at radius 2 is 2.33 bits per heavy atom. The number of methoxy groups -OCH3 is 1. The number of carbonyl (C=O) groups excluding carboxylic acids is 2. The SMILES string of the molecule is CCN1CCNC(C)(CC(=O)OC)C1=O. The van der Waals surface area contributed by atoms with Crippen LogP contribution < -0.4 is 5.32 Å². The summed E-state index contributed by atoms with van der Waals surface area (Å²) < 4.78 is 4.59. The highest BCUT2D eigenvalue weighted by atomic mass is 16.5. The lowest BCUT2D eigenvalue weighted by atomic mass is 9.93. The van der Waals surface area contributed by atoms with E-state index in [0.29, 0.717) is 19.6 Å². The summed E-state index contributed by atoms with van der Waals surface area (Å²) in [5.74, 6) is -0.391. The summed E-state index contributed by atoms with van der Waals surface area (Å²) in [6, 6.07) is 0. The highest BCUT2D eigenvalue weighted by Gasteiger charge is 2.40. The van der Waals surface area contributed by atoms with Gasteiger partial charge < -0.3 is 15.0 Å². The molecule has 0 radical (unpaired) electrons. The summed E-state index contributed by atoms with van der Waals surface area (Å²) in [7, 11) is 1.33. The van der Waals surface area contributed by atoms with Crippen LogP contribution in [0, 0.1) is 0 Å². The number of ether oxygens (including phenoxy) is 1. The number of likely N-dealkylation sites (N-methyl/N-ethyl adjacent to an activating group) is 1. The highest BCUT2D eigenvalue weighted by molar-refractivity contribution is 5.91. The molecule has 1 saturated heterocycles. The third kappa shape index (κ3) is 2.47. The Morgan fingerprint density at radius 1 is 1.67 bits per heavy atom. The standard InChI is InChI=1S/C10H18N2O3/c1-4-12-6-5-11-10(2,9(12)14)7-8(13)15-3/h11H,4-7H2,1-3H3. The molecular formula is C10H18N2O3. The Labute approximate surface area is 89.8 Å². The van der Waals surface area contributed by atoms with Crippen molar-refractivity contribution in [1.82, 2.24) is 10.2 Å². The van der Waals surface area contributed by atoms with Gasteiger partial charge in [0.05, 0.1) is 13.5 Å². The molecule has 1 aliphatic rings. The Bertz CT molecular complexity index is 267. The van der Waals surface area contributed by atoms with Gasteiger partial charge in [0.25, 0.3) is 0 Å². The van der Waals surface area contributed by atoms with Crippen LogP contribution >= 0.6 is 0 Å². The molecule has 0 bridgehead atoms. The van der Waals surface area contributed by atoms with Crippen LogP contribution in [0.1, 0.15) is 20.3 Å². The van der Waals surface area contributed by atoms with Gasteiger partial charge in [-0.15, -0.1) is 0 Å². The number of hydrogen-bond acceptors (Lipinski definition) is 4. The summed E-state index contributed by atoms with van der Waals surface area (Å²) in [5.41, 5.74) is -0.804. The van der Waals surface area contributed by atoms with Gasteiger partial charge in [-0.25, -0.2) is 0 Å². The third-order valence-corrected chi connectivity index (χ3v) is 2.76. The van der Waals surface area contributed by atoms with Crippen molar-refractivity contribution in [3.05, 3.63) is 0 Å². The molecule has 1 heterocycles. The molecule has 5 nitrogen and oxygen atoms in total. The largest absolute Gasteiger partial charge is 0.469 e. The van der Waals surface area contributed by atoms with E-state index in [1.54, 1.807) is 11.8 Å². The lowest BCUT2D eigenvalue weighted by Crippen LogP contribution is -2.63. The fraction of sp³-hybridized carbons (Fsp3) is 0.800. The van der Waals surface area contributed by atoms with Gasteiger partial charge in [0, 0.05) is 19.6 Å². The molecule has 1 N–H and O–H groups in total. The van der Waals surface area contributed by atoms with Crippen LogP contribution in [0.5, 0.6) is 0 Å². The van der Waals surface area contributed by atoms with Crippen molar-refractivity contribution in [1.29, 1.82) is 0 Å². The molecule has 0 spiro atoms. The van der Waals surface area contributed by atoms with Gasteiger partial charge >= 0.3 is 5.97 Å². The molecule has 1 atom stereocenters. The van der Waals surface area contributed by atoms with Crippen LogP contribution in [0.15, 0.2) is 0 Å². The van der Waals surface area contributed by atoms with Gasteiger partial charge in [-0.2, -0.15) is 0 Å². The summed E-state index contributed by atoms with van der Waals surface area (Å²) >= 11 is 0. The lowest BCUT2D eigenvalue weighted by Gasteiger charge is -2.39. The fourth-order valence-electron chi connectivity index (χ4n) is 1.79. The van der Waals surface area contributed by atoms with Crippen LogP contribution in [0.25, 0.3) is 0 Å². The van der Waals surface area contributed by atoms with E-state index in [4.69, 9.17) is 0 Å². The zero-order chi connectivity index (χ0) is 11.5. The van der Waals surface area contributed by atoms with Crippen LogP contribution in [-0.4, -0.2) is 49.1 Å². The van der Waals surface area contributed by atoms with Gasteiger partial charge in [-0.3, -0.25) is 9.59 Å². The molecule has 86 valence electrons. The zero-order valence-electron chi connectivity index (χ0n) is 9.50. The molecule has 5 heteroatoms. The first-order valence-electron chi connectivity index (χ1n) is 5.14. The van der Waals surface area contributed by atoms with Gasteiger partial charge in [-0.05, 0) is 13.8 Å². The lowest BCUT2D eigenvalue weighted by molar-refractivity contribution is -0.150. The van der Waals surface area contributed by atoms with E-state index in [0.717, 1.165) is 0 Å². The first kappa shape index (κ1) is 12.0. The summed E-state index contributed by atoms with van der Waals surface area (Å²) in [6.07, 6.45) is 0.0822. The maximum Gasteiger partial charge on any atom is 0.307 e. The topological polar surface area (TPSA) is 58.6 Å². The van der Waals surface area contributed by atoms with E-state index in [1.807, 2.05) is 6.92 Å². The molecule has 0 aromatic rings. The summed E-state index contributed by atoms with van der Waals surface area (Å²) in [6.45, 7) is 5.77. The highest BCUT2D eigenvalue weighted by Crippen LogP contribution is 2.17. The Hall–Kier alpha value is -1.10. The van der Waals surface area contributed by atoms with E-state index >= 15 is 0 Å². The number of carbonyl (C=O) groups is 2. The van der Waals surface area contributed by atoms with Gasteiger partial charge in [-0.1, -0.05) is 0 Å². The van der Waals surface area contributed by atoms with Crippen LogP contribution in [0.2, 0.25) is 0 Å². The van der Waals surface area contributed by atoms with Crippen molar-refractivity contribution in [3.63, 3.8) is 0 Å². The average Bonchev–Trinajstić information content (AvgIpc) is 2.22. The first-order chi connectivity index (χ1) is 7.03. The molecule has 1 unspecified atom stereocenters. The predicted molar refractivity (Wildman–Crippen MR) is 55.3 cm³/mol. The summed E-state index contributed by atoms with van der Waals surface area (Å²) in [4.78, 5) is 24.9. The van der Waals surface area contributed by atoms with E-state index < -0.39 is 5.54 Å². The Kier molecular flexibility index (Phi) is 3.68. The maximum absolute atomic E-state index is 12.0. The second-order valence-electron chi connectivity index (χ2n) is 3.90. The number of hydrogen-bond donors (Lipinski definition) is 1. The quantitative estimate of drug-likeness (QED) is 0.659. The molecule has 0 aliphatic carbocycles. The second-order valence-corrected chi connectivity index (χ2v) is 3.90. The summed E-state index contributed by atoms with van der Waals surface area (Å²) in [5, 5.41) is 3.08. The predicted octanol–water partition coefficient (Wildman–Crippen LogP) is -0.240. The van der Waals surface area contributed by atoms with E-state index in [2.05, 4.69) is 10.1 Å². The van der Waals surface area contributed by atoms with E-state index in [1.165, 1.54) is 7.11 Å². The molecule has 15 heavy (non-hydrogen) atoms. The van der Waals surface area contributed by atoms with Crippen LogP contribution in [-0.2, 0) is 14.3 Å². The van der Waals surface area contributed by atoms with Crippen molar-refractivity contribution < 1.29 is 14.3 Å². The van der Waals surface area contributed by atoms with Gasteiger partial charge in [0.1, 0.15) is 5.54 Å². The molecule has 1 aliphatic heterocycles. The monoisotopic (exact) mass is 214 g/mol. The minimum Gasteiger partial charge on any atom is -0.469 e. The minimum absolute atomic E-state index is 0.0262. The van der Waals surface area contributed by atoms with Crippen molar-refractivity contribution in [2.75, 3.05) is 26.7 Å². The minimum atomic E-state index is -0.804. The number of rotatable bonds is 3. The van der Waals surface area contributed by atoms with Crippen molar-refractivity contribution in [3.8, 4) is 0 Å². The molecule has 1 fully saturated rings.